The summed E-state index contributed by atoms with van der Waals surface area (Å²) in [6.07, 6.45) is 0. The van der Waals surface area contributed by atoms with Gasteiger partial charge in [-0.3, -0.25) is 14.2 Å². The average Bonchev–Trinajstić information content (AvgIpc) is 3.33. The summed E-state index contributed by atoms with van der Waals surface area (Å²) in [5.74, 6) is -0.380. The van der Waals surface area contributed by atoms with Gasteiger partial charge in [0.15, 0.2) is 4.80 Å². The maximum atomic E-state index is 13.9. The Morgan fingerprint density at radius 2 is 1.88 bits per heavy atom. The van der Waals surface area contributed by atoms with Crippen LogP contribution in [0.4, 0.5) is 5.69 Å². The summed E-state index contributed by atoms with van der Waals surface area (Å²) < 4.78 is 12.6. The molecule has 0 spiro atoms. The van der Waals surface area contributed by atoms with Crippen LogP contribution in [0.3, 0.4) is 0 Å². The molecule has 0 fully saturated rings. The largest absolute Gasteiger partial charge is 0.496 e. The fourth-order valence-corrected chi connectivity index (χ4v) is 5.51. The first-order valence-electron chi connectivity index (χ1n) is 10.7. The molecule has 3 aromatic rings. The van der Waals surface area contributed by atoms with Gasteiger partial charge in [0, 0.05) is 16.8 Å². The molecule has 8 nitrogen and oxygen atoms in total. The van der Waals surface area contributed by atoms with Crippen molar-refractivity contribution in [3.05, 3.63) is 90.6 Å². The number of allylic oxidation sites excluding steroid dienone is 1. The van der Waals surface area contributed by atoms with Crippen molar-refractivity contribution >= 4 is 34.5 Å². The van der Waals surface area contributed by atoms with Crippen LogP contribution in [0.5, 0.6) is 5.75 Å². The molecule has 34 heavy (non-hydrogen) atoms. The Balaban J connectivity index is 1.85. The molecular weight excluding hydrogens is 454 g/mol. The Hall–Kier alpha value is -3.98. The first-order valence-corrected chi connectivity index (χ1v) is 11.5. The van der Waals surface area contributed by atoms with Crippen molar-refractivity contribution < 1.29 is 19.1 Å². The molecule has 0 aliphatic carbocycles. The van der Waals surface area contributed by atoms with Gasteiger partial charge in [0.2, 0.25) is 0 Å². The van der Waals surface area contributed by atoms with Gasteiger partial charge in [-0.1, -0.05) is 47.7 Å². The van der Waals surface area contributed by atoms with Gasteiger partial charge in [0.1, 0.15) is 16.3 Å². The number of ether oxygens (including phenoxy) is 2. The second-order valence-corrected chi connectivity index (χ2v) is 8.72. The van der Waals surface area contributed by atoms with E-state index in [0.717, 1.165) is 11.3 Å². The van der Waals surface area contributed by atoms with E-state index in [9.17, 15) is 14.4 Å². The number of aromatic nitrogens is 1. The van der Waals surface area contributed by atoms with Gasteiger partial charge in [-0.05, 0) is 26.0 Å². The van der Waals surface area contributed by atoms with Crippen LogP contribution in [0.25, 0.3) is 5.57 Å². The Morgan fingerprint density at radius 1 is 1.15 bits per heavy atom. The summed E-state index contributed by atoms with van der Waals surface area (Å²) in [6.45, 7) is 3.62. The maximum absolute atomic E-state index is 13.9. The highest BCUT2D eigenvalue weighted by atomic mass is 32.1. The molecule has 9 heteroatoms. The highest BCUT2D eigenvalue weighted by molar-refractivity contribution is 7.07. The van der Waals surface area contributed by atoms with Crippen molar-refractivity contribution in [2.75, 3.05) is 19.0 Å². The summed E-state index contributed by atoms with van der Waals surface area (Å²) in [4.78, 5) is 44.7. The number of fused-ring (bicyclic) bond motifs is 2. The topological polar surface area (TPSA) is 99.0 Å². The number of nitrogens with zero attached hydrogens (tertiary/aromatic N) is 2. The number of hydrogen-bond donors (Lipinski definition) is 1. The van der Waals surface area contributed by atoms with Crippen LogP contribution in [0.2, 0.25) is 0 Å². The minimum Gasteiger partial charge on any atom is -0.496 e. The number of hydrogen-bond acceptors (Lipinski definition) is 7. The third-order valence-corrected chi connectivity index (χ3v) is 6.88. The molecule has 0 saturated carbocycles. The summed E-state index contributed by atoms with van der Waals surface area (Å²) in [5, 5.41) is 2.81. The van der Waals surface area contributed by atoms with Crippen LogP contribution < -0.4 is 24.9 Å². The van der Waals surface area contributed by atoms with E-state index in [1.807, 2.05) is 24.3 Å². The fourth-order valence-electron chi connectivity index (χ4n) is 4.37. The van der Waals surface area contributed by atoms with Gasteiger partial charge >= 0.3 is 5.97 Å². The molecule has 2 aromatic carbocycles. The van der Waals surface area contributed by atoms with Crippen LogP contribution in [-0.4, -0.2) is 30.2 Å². The van der Waals surface area contributed by atoms with Crippen LogP contribution in [0.15, 0.2) is 69.6 Å². The van der Waals surface area contributed by atoms with E-state index >= 15 is 0 Å². The quantitative estimate of drug-likeness (QED) is 0.583. The first kappa shape index (κ1) is 21.8. The number of benzene rings is 2. The summed E-state index contributed by atoms with van der Waals surface area (Å²) in [7, 11) is 1.53. The molecule has 0 unspecified atom stereocenters. The molecule has 0 radical (unpaired) electrons. The molecule has 1 aromatic heterocycles. The summed E-state index contributed by atoms with van der Waals surface area (Å²) in [6, 6.07) is 13.6. The molecule has 5 rings (SSSR count). The van der Waals surface area contributed by atoms with Crippen molar-refractivity contribution in [2.45, 2.75) is 19.9 Å². The van der Waals surface area contributed by atoms with E-state index in [2.05, 4.69) is 10.3 Å². The second kappa shape index (κ2) is 8.42. The smallest absolute Gasteiger partial charge is 0.338 e. The van der Waals surface area contributed by atoms with E-state index in [0.29, 0.717) is 38.6 Å². The van der Waals surface area contributed by atoms with Crippen LogP contribution in [0, 0.1) is 0 Å². The second-order valence-electron chi connectivity index (χ2n) is 7.74. The molecule has 2 aliphatic rings. The third kappa shape index (κ3) is 3.28. The van der Waals surface area contributed by atoms with Crippen LogP contribution >= 0.6 is 11.3 Å². The van der Waals surface area contributed by atoms with Gasteiger partial charge < -0.3 is 14.8 Å². The molecule has 0 saturated heterocycles. The van der Waals surface area contributed by atoms with Gasteiger partial charge in [0.25, 0.3) is 11.5 Å². The minimum atomic E-state index is -0.819. The number of carbonyl (C=O) groups is 2. The van der Waals surface area contributed by atoms with Crippen molar-refractivity contribution in [3.63, 3.8) is 0 Å². The highest BCUT2D eigenvalue weighted by Crippen LogP contribution is 2.36. The molecule has 1 amide bonds. The molecule has 1 atom stereocenters. The number of anilines is 1. The predicted octanol–water partition coefficient (Wildman–Crippen LogP) is 2.13. The summed E-state index contributed by atoms with van der Waals surface area (Å²) >= 11 is 1.13. The number of para-hydroxylation sites is 2. The van der Waals surface area contributed by atoms with Crippen molar-refractivity contribution in [2.24, 2.45) is 4.99 Å². The average molecular weight is 476 g/mol. The molecule has 1 N–H and O–H groups in total. The normalized spacial score (nSPS) is 18.1. The van der Waals surface area contributed by atoms with Crippen molar-refractivity contribution in [1.82, 2.24) is 4.57 Å². The number of nitrogens with one attached hydrogen (secondary N) is 1. The SMILES string of the molecule is CCOC(=O)C1=C(C)N=c2s/c(=C3/C(=O)Nc4ccccc43)c(=O)n2[C@@H]1c1ccccc1OC. The molecule has 0 bridgehead atoms. The Kier molecular flexibility index (Phi) is 5.41. The Labute approximate surface area is 198 Å². The van der Waals surface area contributed by atoms with E-state index in [4.69, 9.17) is 9.47 Å². The zero-order valence-electron chi connectivity index (χ0n) is 18.7. The molecule has 172 valence electrons. The maximum Gasteiger partial charge on any atom is 0.338 e. The van der Waals surface area contributed by atoms with Gasteiger partial charge in [-0.25, -0.2) is 9.79 Å². The zero-order valence-corrected chi connectivity index (χ0v) is 19.6. The highest BCUT2D eigenvalue weighted by Gasteiger charge is 2.36. The van der Waals surface area contributed by atoms with Crippen molar-refractivity contribution in [1.29, 1.82) is 0 Å². The number of esters is 1. The number of rotatable bonds is 4. The zero-order chi connectivity index (χ0) is 24.0. The van der Waals surface area contributed by atoms with Gasteiger partial charge in [-0.15, -0.1) is 0 Å². The monoisotopic (exact) mass is 475 g/mol. The number of thiazole rings is 1. The van der Waals surface area contributed by atoms with E-state index < -0.39 is 17.6 Å². The van der Waals surface area contributed by atoms with E-state index in [-0.39, 0.29) is 22.6 Å². The molecule has 2 aliphatic heterocycles. The Morgan fingerprint density at radius 3 is 2.65 bits per heavy atom. The minimum absolute atomic E-state index is 0.180. The van der Waals surface area contributed by atoms with Crippen LogP contribution in [0.1, 0.15) is 31.0 Å². The van der Waals surface area contributed by atoms with Gasteiger partial charge in [0.05, 0.1) is 30.6 Å². The number of carbonyl (C=O) groups excluding carboxylic acids is 2. The lowest BCUT2D eigenvalue weighted by Crippen LogP contribution is -2.40. The lowest BCUT2D eigenvalue weighted by Gasteiger charge is -2.25. The van der Waals surface area contributed by atoms with E-state index in [1.165, 1.54) is 11.7 Å². The predicted molar refractivity (Wildman–Crippen MR) is 127 cm³/mol. The van der Waals surface area contributed by atoms with E-state index in [1.54, 1.807) is 38.1 Å². The van der Waals surface area contributed by atoms with Crippen molar-refractivity contribution in [3.8, 4) is 5.75 Å². The first-order chi connectivity index (χ1) is 16.5. The number of methoxy groups -OCH3 is 1. The molecule has 3 heterocycles. The van der Waals surface area contributed by atoms with Gasteiger partial charge in [-0.2, -0.15) is 0 Å². The number of amides is 1. The third-order valence-electron chi connectivity index (χ3n) is 5.82. The van der Waals surface area contributed by atoms with Crippen LogP contribution in [-0.2, 0) is 14.3 Å². The summed E-state index contributed by atoms with van der Waals surface area (Å²) in [5.41, 5.74) is 2.53. The lowest BCUT2D eigenvalue weighted by atomic mass is 9.95. The molecular formula is C25H21N3O5S. The Bertz CT molecular complexity index is 1560. The standard InChI is InChI=1S/C25H21N3O5S/c1-4-33-24(31)18-13(2)26-25-28(20(18)15-10-6-8-12-17(15)32-3)23(30)21(34-25)19-14-9-5-7-11-16(14)27-22(19)29/h5-12,20H,4H2,1-3H3,(H,27,29)/b21-19+/t20-/m1/s1. The fraction of sp³-hybridized carbons (Fsp3) is 0.200. The lowest BCUT2D eigenvalue weighted by molar-refractivity contribution is -0.139.